The Bertz CT molecular complexity index is 1010. The summed E-state index contributed by atoms with van der Waals surface area (Å²) in [7, 11) is -4.14. The van der Waals surface area contributed by atoms with Gasteiger partial charge in [-0.05, 0) is 50.1 Å². The number of amides is 1. The fourth-order valence-electron chi connectivity index (χ4n) is 3.52. The van der Waals surface area contributed by atoms with Crippen LogP contribution in [0.3, 0.4) is 0 Å². The number of piperidine rings is 1. The summed E-state index contributed by atoms with van der Waals surface area (Å²) in [5.41, 5.74) is 0.160. The van der Waals surface area contributed by atoms with Crippen molar-refractivity contribution in [3.8, 4) is 5.75 Å². The maximum Gasteiger partial charge on any atom is 0.264 e. The van der Waals surface area contributed by atoms with Crippen LogP contribution >= 0.6 is 0 Å². The quantitative estimate of drug-likeness (QED) is 0.468. The smallest absolute Gasteiger partial charge is 0.264 e. The van der Waals surface area contributed by atoms with E-state index in [1.165, 1.54) is 42.7 Å². The first kappa shape index (κ1) is 22.2. The first-order chi connectivity index (χ1) is 14.2. The second kappa shape index (κ2) is 8.68. The van der Waals surface area contributed by atoms with Gasteiger partial charge in [0.15, 0.2) is 0 Å². The standard InChI is InChI=1S/C20H23FN2O6S/c1-20(25)11-4-12-23(18(20)19(24)22-26)30(27,28)16-9-7-15(8-10-16)29-13-14-5-2-3-6-17(14)21/h2-3,5-10,18,25-26H,4,11-13H2,1H3,(H,22,24)/t18-,20+/m0/s1. The molecule has 2 atom stereocenters. The van der Waals surface area contributed by atoms with Crippen LogP contribution in [0.15, 0.2) is 53.4 Å². The van der Waals surface area contributed by atoms with Crippen LogP contribution < -0.4 is 10.2 Å². The maximum absolute atomic E-state index is 13.7. The van der Waals surface area contributed by atoms with Gasteiger partial charge in [0.1, 0.15) is 24.2 Å². The van der Waals surface area contributed by atoms with E-state index in [1.54, 1.807) is 18.2 Å². The van der Waals surface area contributed by atoms with Gasteiger partial charge >= 0.3 is 0 Å². The Labute approximate surface area is 173 Å². The highest BCUT2D eigenvalue weighted by molar-refractivity contribution is 7.89. The van der Waals surface area contributed by atoms with E-state index >= 15 is 0 Å². The number of aliphatic hydroxyl groups is 1. The second-order valence-electron chi connectivity index (χ2n) is 7.31. The zero-order valence-corrected chi connectivity index (χ0v) is 17.1. The molecule has 1 aliphatic heterocycles. The molecule has 0 saturated carbocycles. The Morgan fingerprint density at radius 2 is 1.93 bits per heavy atom. The molecule has 1 aliphatic rings. The molecule has 0 spiro atoms. The lowest BCUT2D eigenvalue weighted by molar-refractivity contribution is -0.144. The molecule has 1 saturated heterocycles. The number of hydrogen-bond donors (Lipinski definition) is 3. The van der Waals surface area contributed by atoms with Crippen LogP contribution in [0.4, 0.5) is 4.39 Å². The second-order valence-corrected chi connectivity index (χ2v) is 9.20. The zero-order valence-electron chi connectivity index (χ0n) is 16.3. The van der Waals surface area contributed by atoms with Gasteiger partial charge in [-0.2, -0.15) is 4.31 Å². The van der Waals surface area contributed by atoms with Gasteiger partial charge in [-0.3, -0.25) is 10.0 Å². The average Bonchev–Trinajstić information content (AvgIpc) is 2.72. The van der Waals surface area contributed by atoms with Crippen molar-refractivity contribution in [3.63, 3.8) is 0 Å². The third-order valence-corrected chi connectivity index (χ3v) is 6.96. The van der Waals surface area contributed by atoms with E-state index in [9.17, 15) is 22.7 Å². The number of hydrogen-bond acceptors (Lipinski definition) is 6. The fraction of sp³-hybridized carbons (Fsp3) is 0.350. The summed E-state index contributed by atoms with van der Waals surface area (Å²) in [6.45, 7) is 1.35. The van der Waals surface area contributed by atoms with E-state index in [0.29, 0.717) is 17.7 Å². The normalized spacial score (nSPS) is 22.5. The van der Waals surface area contributed by atoms with Crippen LogP contribution in [0.5, 0.6) is 5.75 Å². The largest absolute Gasteiger partial charge is 0.489 e. The third kappa shape index (κ3) is 4.46. The molecule has 162 valence electrons. The lowest BCUT2D eigenvalue weighted by Crippen LogP contribution is -2.62. The first-order valence-electron chi connectivity index (χ1n) is 9.31. The van der Waals surface area contributed by atoms with Crippen LogP contribution in [-0.4, -0.2) is 47.1 Å². The number of carbonyl (C=O) groups excluding carboxylic acids is 1. The summed E-state index contributed by atoms with van der Waals surface area (Å²) in [4.78, 5) is 12.0. The molecule has 1 amide bonds. The minimum Gasteiger partial charge on any atom is -0.489 e. The van der Waals surface area contributed by atoms with Gasteiger partial charge in [0, 0.05) is 12.1 Å². The van der Waals surface area contributed by atoms with Crippen molar-refractivity contribution in [1.82, 2.24) is 9.79 Å². The number of nitrogens with zero attached hydrogens (tertiary/aromatic N) is 1. The van der Waals surface area contributed by atoms with Crippen LogP contribution in [0.1, 0.15) is 25.3 Å². The Kier molecular flexibility index (Phi) is 6.41. The Hall–Kier alpha value is -2.53. The number of sulfonamides is 1. The molecule has 3 rings (SSSR count). The van der Waals surface area contributed by atoms with Gasteiger partial charge in [-0.1, -0.05) is 18.2 Å². The van der Waals surface area contributed by atoms with Gasteiger partial charge in [0.05, 0.1) is 10.5 Å². The molecule has 1 fully saturated rings. The van der Waals surface area contributed by atoms with Gasteiger partial charge in [0.25, 0.3) is 5.91 Å². The van der Waals surface area contributed by atoms with E-state index in [1.807, 2.05) is 0 Å². The van der Waals surface area contributed by atoms with Crippen molar-refractivity contribution in [2.45, 2.75) is 42.9 Å². The van der Waals surface area contributed by atoms with Gasteiger partial charge in [-0.25, -0.2) is 18.3 Å². The van der Waals surface area contributed by atoms with Gasteiger partial charge in [-0.15, -0.1) is 0 Å². The molecular weight excluding hydrogens is 415 g/mol. The van der Waals surface area contributed by atoms with E-state index in [-0.39, 0.29) is 24.5 Å². The Balaban J connectivity index is 1.80. The molecule has 0 aromatic heterocycles. The van der Waals surface area contributed by atoms with Crippen LogP contribution in [0.25, 0.3) is 0 Å². The number of halogens is 1. The molecule has 8 nitrogen and oxygen atoms in total. The molecule has 0 radical (unpaired) electrons. The SMILES string of the molecule is C[C@@]1(O)CCCN(S(=O)(=O)c2ccc(OCc3ccccc3F)cc2)[C@H]1C(=O)NO. The van der Waals surface area contributed by atoms with Gasteiger partial charge in [0.2, 0.25) is 10.0 Å². The first-order valence-corrected chi connectivity index (χ1v) is 10.8. The number of benzene rings is 2. The fourth-order valence-corrected chi connectivity index (χ4v) is 5.24. The summed E-state index contributed by atoms with van der Waals surface area (Å²) in [5, 5.41) is 19.5. The highest BCUT2D eigenvalue weighted by atomic mass is 32.2. The zero-order chi connectivity index (χ0) is 21.9. The lowest BCUT2D eigenvalue weighted by Gasteiger charge is -2.42. The molecule has 30 heavy (non-hydrogen) atoms. The van der Waals surface area contributed by atoms with E-state index in [2.05, 4.69) is 0 Å². The highest BCUT2D eigenvalue weighted by Gasteiger charge is 2.49. The molecule has 0 bridgehead atoms. The Morgan fingerprint density at radius 3 is 2.57 bits per heavy atom. The summed E-state index contributed by atoms with van der Waals surface area (Å²) in [6, 6.07) is 10.2. The van der Waals surface area contributed by atoms with Crippen LogP contribution in [0, 0.1) is 5.82 Å². The summed E-state index contributed by atoms with van der Waals surface area (Å²) < 4.78 is 46.3. The number of rotatable bonds is 6. The van der Waals surface area contributed by atoms with Crippen molar-refractivity contribution in [2.75, 3.05) is 6.54 Å². The van der Waals surface area contributed by atoms with Crippen LogP contribution in [0.2, 0.25) is 0 Å². The highest BCUT2D eigenvalue weighted by Crippen LogP contribution is 2.32. The molecule has 10 heteroatoms. The van der Waals surface area contributed by atoms with Crippen molar-refractivity contribution >= 4 is 15.9 Å². The van der Waals surface area contributed by atoms with E-state index in [0.717, 1.165) is 4.31 Å². The Morgan fingerprint density at radius 1 is 1.27 bits per heavy atom. The maximum atomic E-state index is 13.7. The monoisotopic (exact) mass is 438 g/mol. The van der Waals surface area contributed by atoms with Crippen LogP contribution in [-0.2, 0) is 21.4 Å². The molecule has 1 heterocycles. The molecule has 2 aromatic rings. The lowest BCUT2D eigenvalue weighted by atomic mass is 9.87. The molecule has 3 N–H and O–H groups in total. The predicted octanol–water partition coefficient (Wildman–Crippen LogP) is 1.81. The average molecular weight is 438 g/mol. The summed E-state index contributed by atoms with van der Waals surface area (Å²) in [5.74, 6) is -1.07. The molecular formula is C20H23FN2O6S. The van der Waals surface area contributed by atoms with E-state index < -0.39 is 33.4 Å². The molecule has 0 aliphatic carbocycles. The predicted molar refractivity (Wildman–Crippen MR) is 105 cm³/mol. The van der Waals surface area contributed by atoms with Crippen molar-refractivity contribution in [2.24, 2.45) is 0 Å². The van der Waals surface area contributed by atoms with Crippen molar-refractivity contribution < 1.29 is 32.7 Å². The van der Waals surface area contributed by atoms with Crippen molar-refractivity contribution in [1.29, 1.82) is 0 Å². The molecule has 0 unspecified atom stereocenters. The van der Waals surface area contributed by atoms with E-state index in [4.69, 9.17) is 9.94 Å². The van der Waals surface area contributed by atoms with Crippen molar-refractivity contribution in [3.05, 3.63) is 59.9 Å². The number of nitrogens with one attached hydrogen (secondary N) is 1. The summed E-state index contributed by atoms with van der Waals surface area (Å²) in [6.07, 6.45) is 0.561. The topological polar surface area (TPSA) is 116 Å². The van der Waals surface area contributed by atoms with Gasteiger partial charge < -0.3 is 9.84 Å². The molecule has 2 aromatic carbocycles. The minimum absolute atomic E-state index is 0.0160. The third-order valence-electron chi connectivity index (χ3n) is 5.08. The minimum atomic E-state index is -4.14. The number of hydroxylamine groups is 1. The summed E-state index contributed by atoms with van der Waals surface area (Å²) >= 11 is 0. The number of ether oxygens (including phenoxy) is 1. The number of carbonyl (C=O) groups is 1.